The zero-order valence-corrected chi connectivity index (χ0v) is 16.6. The van der Waals surface area contributed by atoms with Crippen molar-refractivity contribution < 1.29 is 24.0 Å². The van der Waals surface area contributed by atoms with Gasteiger partial charge in [-0.15, -0.1) is 5.10 Å². The van der Waals surface area contributed by atoms with Gasteiger partial charge in [0.25, 0.3) is 5.69 Å². The summed E-state index contributed by atoms with van der Waals surface area (Å²) in [5.74, 6) is -0.0129. The van der Waals surface area contributed by atoms with E-state index in [2.05, 4.69) is 5.10 Å². The Morgan fingerprint density at radius 3 is 2.43 bits per heavy atom. The molecule has 0 radical (unpaired) electrons. The minimum atomic E-state index is -0.874. The van der Waals surface area contributed by atoms with Crippen molar-refractivity contribution in [1.82, 2.24) is 5.01 Å². The molecule has 0 fully saturated rings. The van der Waals surface area contributed by atoms with Crippen LogP contribution in [0.2, 0.25) is 0 Å². The van der Waals surface area contributed by atoms with Crippen molar-refractivity contribution in [1.29, 1.82) is 0 Å². The molecule has 0 saturated heterocycles. The van der Waals surface area contributed by atoms with E-state index in [1.807, 2.05) is 0 Å². The lowest BCUT2D eigenvalue weighted by Gasteiger charge is -2.28. The number of anilines is 1. The molecule has 0 spiro atoms. The lowest BCUT2D eigenvalue weighted by atomic mass is 10.2. The van der Waals surface area contributed by atoms with Gasteiger partial charge in [-0.05, 0) is 24.3 Å². The van der Waals surface area contributed by atoms with Crippen LogP contribution in [0.5, 0.6) is 5.75 Å². The van der Waals surface area contributed by atoms with Crippen molar-refractivity contribution in [3.63, 3.8) is 0 Å². The van der Waals surface area contributed by atoms with E-state index >= 15 is 0 Å². The van der Waals surface area contributed by atoms with E-state index in [0.29, 0.717) is 17.0 Å². The fraction of sp³-hybridized carbons (Fsp3) is 0.250. The standard InChI is InChI=1S/C20H20N4O6/c1-13(25)22(17-6-4-5-7-18(17)29-3)12-19-23(14(2)26)21-20(30-19)15-8-10-16(11-9-15)24(27)28/h4-11,19H,12H2,1-3H3. The second-order valence-electron chi connectivity index (χ2n) is 6.45. The van der Waals surface area contributed by atoms with Gasteiger partial charge in [-0.2, -0.15) is 5.01 Å². The van der Waals surface area contributed by atoms with Gasteiger partial charge in [0.1, 0.15) is 5.75 Å². The van der Waals surface area contributed by atoms with Crippen LogP contribution < -0.4 is 9.64 Å². The molecular weight excluding hydrogens is 392 g/mol. The van der Waals surface area contributed by atoms with Crippen LogP contribution in [-0.2, 0) is 14.3 Å². The highest BCUT2D eigenvalue weighted by molar-refractivity contribution is 5.97. The van der Waals surface area contributed by atoms with Gasteiger partial charge in [0.2, 0.25) is 23.9 Å². The Kier molecular flexibility index (Phi) is 5.95. The number of carbonyl (C=O) groups excluding carboxylic acids is 2. The Morgan fingerprint density at radius 2 is 1.87 bits per heavy atom. The zero-order chi connectivity index (χ0) is 21.8. The number of hydrazone groups is 1. The van der Waals surface area contributed by atoms with E-state index in [1.165, 1.54) is 50.1 Å². The molecule has 10 nitrogen and oxygen atoms in total. The molecule has 0 aliphatic carbocycles. The van der Waals surface area contributed by atoms with E-state index in [0.717, 1.165) is 5.01 Å². The van der Waals surface area contributed by atoms with E-state index in [9.17, 15) is 19.7 Å². The van der Waals surface area contributed by atoms with Crippen molar-refractivity contribution >= 4 is 29.1 Å². The fourth-order valence-electron chi connectivity index (χ4n) is 3.01. The predicted molar refractivity (Wildman–Crippen MR) is 108 cm³/mol. The first kappa shape index (κ1) is 20.8. The molecule has 0 aromatic heterocycles. The Morgan fingerprint density at radius 1 is 1.20 bits per heavy atom. The van der Waals surface area contributed by atoms with Crippen LogP contribution in [0, 0.1) is 10.1 Å². The quantitative estimate of drug-likeness (QED) is 0.532. The number of hydrogen-bond acceptors (Lipinski definition) is 7. The molecule has 156 valence electrons. The second kappa shape index (κ2) is 8.60. The Bertz CT molecular complexity index is 1000. The molecule has 2 aromatic rings. The summed E-state index contributed by atoms with van der Waals surface area (Å²) in [7, 11) is 1.50. The number of methoxy groups -OCH3 is 1. The van der Waals surface area contributed by atoms with Crippen LogP contribution in [0.15, 0.2) is 53.6 Å². The molecule has 10 heteroatoms. The van der Waals surface area contributed by atoms with Crippen molar-refractivity contribution in [3.8, 4) is 5.75 Å². The highest BCUT2D eigenvalue weighted by Crippen LogP contribution is 2.29. The summed E-state index contributed by atoms with van der Waals surface area (Å²) in [6, 6.07) is 12.6. The van der Waals surface area contributed by atoms with Gasteiger partial charge in [-0.25, -0.2) is 0 Å². The summed E-state index contributed by atoms with van der Waals surface area (Å²) in [6.07, 6.45) is -0.874. The van der Waals surface area contributed by atoms with Gasteiger partial charge in [-0.1, -0.05) is 12.1 Å². The first-order valence-corrected chi connectivity index (χ1v) is 9.03. The Hall–Kier alpha value is -3.95. The Balaban J connectivity index is 1.87. The van der Waals surface area contributed by atoms with Crippen LogP contribution >= 0.6 is 0 Å². The minimum absolute atomic E-state index is 0.00919. The smallest absolute Gasteiger partial charge is 0.269 e. The molecule has 2 aromatic carbocycles. The van der Waals surface area contributed by atoms with E-state index in [1.54, 1.807) is 24.3 Å². The SMILES string of the molecule is COc1ccccc1N(CC1OC(c2ccc([N+](=O)[O-])cc2)=NN1C(C)=O)C(C)=O. The average molecular weight is 412 g/mol. The maximum atomic E-state index is 12.3. The highest BCUT2D eigenvalue weighted by Gasteiger charge is 2.35. The molecule has 0 bridgehead atoms. The number of rotatable bonds is 6. The number of nitro benzene ring substituents is 1. The monoisotopic (exact) mass is 412 g/mol. The molecule has 1 heterocycles. The number of non-ortho nitro benzene ring substituents is 1. The van der Waals surface area contributed by atoms with Crippen LogP contribution in [-0.4, -0.2) is 47.5 Å². The number of ether oxygens (including phenoxy) is 2. The second-order valence-corrected chi connectivity index (χ2v) is 6.45. The number of carbonyl (C=O) groups is 2. The van der Waals surface area contributed by atoms with Gasteiger partial charge >= 0.3 is 0 Å². The number of amides is 2. The summed E-state index contributed by atoms with van der Waals surface area (Å²) in [4.78, 5) is 36.2. The molecule has 0 N–H and O–H groups in total. The molecule has 0 saturated carbocycles. The molecular formula is C20H20N4O6. The van der Waals surface area contributed by atoms with Gasteiger partial charge in [-0.3, -0.25) is 19.7 Å². The van der Waals surface area contributed by atoms with Crippen LogP contribution in [0.1, 0.15) is 19.4 Å². The largest absolute Gasteiger partial charge is 0.495 e. The number of nitro groups is 1. The number of nitrogens with zero attached hydrogens (tertiary/aromatic N) is 4. The lowest BCUT2D eigenvalue weighted by Crippen LogP contribution is -2.44. The number of benzene rings is 2. The van der Waals surface area contributed by atoms with Crippen molar-refractivity contribution in [2.24, 2.45) is 5.10 Å². The summed E-state index contributed by atoms with van der Waals surface area (Å²) in [6.45, 7) is 2.74. The summed E-state index contributed by atoms with van der Waals surface area (Å²) >= 11 is 0. The fourth-order valence-corrected chi connectivity index (χ4v) is 3.01. The minimum Gasteiger partial charge on any atom is -0.495 e. The summed E-state index contributed by atoms with van der Waals surface area (Å²) < 4.78 is 11.2. The molecule has 1 aliphatic rings. The van der Waals surface area contributed by atoms with Gasteiger partial charge in [0.15, 0.2) is 0 Å². The summed E-state index contributed by atoms with van der Waals surface area (Å²) in [5.41, 5.74) is 0.931. The molecule has 1 aliphatic heterocycles. The maximum Gasteiger partial charge on any atom is 0.269 e. The first-order valence-electron chi connectivity index (χ1n) is 9.03. The number of hydrogen-bond donors (Lipinski definition) is 0. The van der Waals surface area contributed by atoms with E-state index in [4.69, 9.17) is 9.47 Å². The van der Waals surface area contributed by atoms with Crippen LogP contribution in [0.3, 0.4) is 0 Å². The topological polar surface area (TPSA) is 115 Å². The normalized spacial score (nSPS) is 15.2. The van der Waals surface area contributed by atoms with Crippen molar-refractivity contribution in [2.75, 3.05) is 18.6 Å². The lowest BCUT2D eigenvalue weighted by molar-refractivity contribution is -0.384. The van der Waals surface area contributed by atoms with E-state index in [-0.39, 0.29) is 29.9 Å². The molecule has 1 atom stereocenters. The van der Waals surface area contributed by atoms with Crippen molar-refractivity contribution in [2.45, 2.75) is 20.1 Å². The highest BCUT2D eigenvalue weighted by atomic mass is 16.6. The molecule has 1 unspecified atom stereocenters. The van der Waals surface area contributed by atoms with Crippen molar-refractivity contribution in [3.05, 3.63) is 64.2 Å². The predicted octanol–water partition coefficient (Wildman–Crippen LogP) is 2.52. The molecule has 3 rings (SSSR count). The first-order chi connectivity index (χ1) is 14.3. The van der Waals surface area contributed by atoms with Crippen LogP contribution in [0.4, 0.5) is 11.4 Å². The third kappa shape index (κ3) is 4.22. The van der Waals surface area contributed by atoms with Gasteiger partial charge in [0.05, 0.1) is 24.3 Å². The molecule has 2 amide bonds. The molecule has 30 heavy (non-hydrogen) atoms. The van der Waals surface area contributed by atoms with Gasteiger partial charge < -0.3 is 14.4 Å². The third-order valence-electron chi connectivity index (χ3n) is 4.46. The average Bonchev–Trinajstić information content (AvgIpc) is 3.16. The van der Waals surface area contributed by atoms with Gasteiger partial charge in [0, 0.05) is 31.5 Å². The summed E-state index contributed by atoms with van der Waals surface area (Å²) in [5, 5.41) is 16.2. The third-order valence-corrected chi connectivity index (χ3v) is 4.46. The van der Waals surface area contributed by atoms with Crippen LogP contribution in [0.25, 0.3) is 0 Å². The maximum absolute atomic E-state index is 12.3. The Labute approximate surface area is 172 Å². The number of para-hydroxylation sites is 2. The zero-order valence-electron chi connectivity index (χ0n) is 16.6. The van der Waals surface area contributed by atoms with E-state index < -0.39 is 11.2 Å².